The molecule has 6 nitrogen and oxygen atoms in total. The Balaban J connectivity index is 1.45. The van der Waals surface area contributed by atoms with E-state index in [1.165, 1.54) is 7.11 Å². The highest BCUT2D eigenvalue weighted by molar-refractivity contribution is 5.97. The summed E-state index contributed by atoms with van der Waals surface area (Å²) in [6.45, 7) is 1.11. The van der Waals surface area contributed by atoms with Gasteiger partial charge in [0, 0.05) is 18.5 Å². The van der Waals surface area contributed by atoms with Crippen LogP contribution in [-0.4, -0.2) is 28.2 Å². The topological polar surface area (TPSA) is 69.9 Å². The van der Waals surface area contributed by atoms with Gasteiger partial charge in [0.2, 0.25) is 0 Å². The normalized spacial score (nSPS) is 16.6. The van der Waals surface area contributed by atoms with Crippen LogP contribution in [0.1, 0.15) is 45.2 Å². The number of esters is 1. The molecule has 1 aliphatic carbocycles. The molecule has 9 heteroatoms. The van der Waals surface area contributed by atoms with Crippen molar-refractivity contribution in [3.05, 3.63) is 100 Å². The molecule has 190 valence electrons. The van der Waals surface area contributed by atoms with Gasteiger partial charge < -0.3 is 9.47 Å². The summed E-state index contributed by atoms with van der Waals surface area (Å²) in [6.07, 6.45) is 2.20. The molecule has 0 radical (unpaired) electrons. The number of ketones is 1. The third kappa shape index (κ3) is 4.34. The van der Waals surface area contributed by atoms with E-state index in [2.05, 4.69) is 4.98 Å². The SMILES string of the molecule is COC(=O)[C@@H]1Cc2ccccc2[C@H]1CC(=O)c1c(C)nc2c(OCc3c(F)ccc(F)c3F)cccn12. The highest BCUT2D eigenvalue weighted by Gasteiger charge is 2.39. The molecule has 0 spiro atoms. The van der Waals surface area contributed by atoms with Gasteiger partial charge in [-0.05, 0) is 48.7 Å². The van der Waals surface area contributed by atoms with Crippen molar-refractivity contribution < 1.29 is 32.2 Å². The van der Waals surface area contributed by atoms with Gasteiger partial charge in [-0.25, -0.2) is 18.2 Å². The number of nitrogens with zero attached hydrogens (tertiary/aromatic N) is 2. The maximum absolute atomic E-state index is 14.1. The summed E-state index contributed by atoms with van der Waals surface area (Å²) in [5.41, 5.74) is 2.44. The van der Waals surface area contributed by atoms with Gasteiger partial charge in [-0.15, -0.1) is 0 Å². The molecule has 1 aliphatic rings. The zero-order chi connectivity index (χ0) is 26.3. The molecule has 0 saturated heterocycles. The van der Waals surface area contributed by atoms with Crippen LogP contribution in [0.2, 0.25) is 0 Å². The summed E-state index contributed by atoms with van der Waals surface area (Å²) in [5, 5.41) is 0. The minimum absolute atomic E-state index is 0.0657. The molecule has 0 N–H and O–H groups in total. The van der Waals surface area contributed by atoms with Crippen molar-refractivity contribution in [1.29, 1.82) is 0 Å². The second kappa shape index (κ2) is 9.72. The van der Waals surface area contributed by atoms with Crippen molar-refractivity contribution in [1.82, 2.24) is 9.38 Å². The van der Waals surface area contributed by atoms with Crippen LogP contribution in [0.5, 0.6) is 5.75 Å². The molecule has 37 heavy (non-hydrogen) atoms. The third-order valence-corrected chi connectivity index (χ3v) is 6.85. The number of carbonyl (C=O) groups excluding carboxylic acids is 2. The molecule has 0 saturated carbocycles. The van der Waals surface area contributed by atoms with Crippen LogP contribution in [0.4, 0.5) is 13.2 Å². The Labute approximate surface area is 210 Å². The second-order valence-corrected chi connectivity index (χ2v) is 8.99. The van der Waals surface area contributed by atoms with Gasteiger partial charge in [-0.1, -0.05) is 24.3 Å². The molecule has 2 aromatic heterocycles. The van der Waals surface area contributed by atoms with Gasteiger partial charge in [-0.3, -0.25) is 14.0 Å². The zero-order valence-corrected chi connectivity index (χ0v) is 20.1. The summed E-state index contributed by atoms with van der Waals surface area (Å²) in [4.78, 5) is 30.5. The van der Waals surface area contributed by atoms with Crippen molar-refractivity contribution >= 4 is 17.4 Å². The Morgan fingerprint density at radius 1 is 1.05 bits per heavy atom. The van der Waals surface area contributed by atoms with Crippen LogP contribution in [-0.2, 0) is 22.6 Å². The van der Waals surface area contributed by atoms with Crippen molar-refractivity contribution in [2.45, 2.75) is 32.3 Å². The van der Waals surface area contributed by atoms with Crippen molar-refractivity contribution in [2.24, 2.45) is 5.92 Å². The molecule has 0 amide bonds. The monoisotopic (exact) mass is 508 g/mol. The molecule has 2 atom stereocenters. The van der Waals surface area contributed by atoms with Gasteiger partial charge >= 0.3 is 5.97 Å². The van der Waals surface area contributed by atoms with E-state index in [-0.39, 0.29) is 35.5 Å². The average Bonchev–Trinajstić information content (AvgIpc) is 3.43. The number of aryl methyl sites for hydroxylation is 1. The van der Waals surface area contributed by atoms with Crippen LogP contribution in [0.25, 0.3) is 5.65 Å². The van der Waals surface area contributed by atoms with Crippen LogP contribution in [0.3, 0.4) is 0 Å². The average molecular weight is 508 g/mol. The number of imidazole rings is 1. The number of methoxy groups -OCH3 is 1. The number of carbonyl (C=O) groups is 2. The first-order valence-electron chi connectivity index (χ1n) is 11.7. The van der Waals surface area contributed by atoms with Crippen LogP contribution in [0, 0.1) is 30.3 Å². The number of hydrogen-bond acceptors (Lipinski definition) is 5. The van der Waals surface area contributed by atoms with Crippen LogP contribution in [0.15, 0.2) is 54.7 Å². The largest absolute Gasteiger partial charge is 0.485 e. The summed E-state index contributed by atoms with van der Waals surface area (Å²) in [6, 6.07) is 12.3. The lowest BCUT2D eigenvalue weighted by molar-refractivity contribution is -0.145. The number of pyridine rings is 1. The number of hydrogen-bond donors (Lipinski definition) is 0. The first-order valence-corrected chi connectivity index (χ1v) is 11.7. The molecule has 0 fully saturated rings. The van der Waals surface area contributed by atoms with Gasteiger partial charge in [0.1, 0.15) is 18.1 Å². The summed E-state index contributed by atoms with van der Waals surface area (Å²) < 4.78 is 53.9. The first kappa shape index (κ1) is 24.5. The van der Waals surface area contributed by atoms with E-state index in [4.69, 9.17) is 9.47 Å². The number of benzene rings is 2. The third-order valence-electron chi connectivity index (χ3n) is 6.85. The van der Waals surface area contributed by atoms with Gasteiger partial charge in [0.25, 0.3) is 0 Å². The Morgan fingerprint density at radius 3 is 2.59 bits per heavy atom. The van der Waals surface area contributed by atoms with Gasteiger partial charge in [-0.2, -0.15) is 0 Å². The van der Waals surface area contributed by atoms with E-state index in [9.17, 15) is 22.8 Å². The molecule has 0 aliphatic heterocycles. The Morgan fingerprint density at radius 2 is 1.81 bits per heavy atom. The quantitative estimate of drug-likeness (QED) is 0.192. The van der Waals surface area contributed by atoms with E-state index in [1.807, 2.05) is 24.3 Å². The number of rotatable bonds is 7. The van der Waals surface area contributed by atoms with Crippen molar-refractivity contribution in [3.8, 4) is 5.75 Å². The molecular weight excluding hydrogens is 485 g/mol. The molecule has 5 rings (SSSR count). The lowest BCUT2D eigenvalue weighted by Gasteiger charge is -2.18. The minimum atomic E-state index is -1.32. The number of Topliss-reactive ketones (excluding diaryl/α,β-unsaturated/α-hetero) is 1. The Bertz CT molecular complexity index is 1530. The number of fused-ring (bicyclic) bond motifs is 2. The van der Waals surface area contributed by atoms with Crippen LogP contribution >= 0.6 is 0 Å². The van der Waals surface area contributed by atoms with Crippen molar-refractivity contribution in [3.63, 3.8) is 0 Å². The van der Waals surface area contributed by atoms with Crippen LogP contribution < -0.4 is 4.74 Å². The molecule has 2 aromatic carbocycles. The molecule has 0 unspecified atom stereocenters. The Kier molecular flexibility index (Phi) is 6.45. The van der Waals surface area contributed by atoms with Gasteiger partial charge in [0.15, 0.2) is 28.8 Å². The highest BCUT2D eigenvalue weighted by atomic mass is 19.2. The lowest BCUT2D eigenvalue weighted by atomic mass is 9.87. The molecular formula is C28H23F3N2O4. The smallest absolute Gasteiger partial charge is 0.309 e. The fourth-order valence-electron chi connectivity index (χ4n) is 5.08. The molecule has 2 heterocycles. The zero-order valence-electron chi connectivity index (χ0n) is 20.1. The van der Waals surface area contributed by atoms with E-state index in [0.717, 1.165) is 17.2 Å². The van der Waals surface area contributed by atoms with E-state index < -0.39 is 35.5 Å². The number of halogens is 3. The maximum atomic E-state index is 14.1. The van der Waals surface area contributed by atoms with E-state index >= 15 is 0 Å². The maximum Gasteiger partial charge on any atom is 0.309 e. The molecule has 0 bridgehead atoms. The second-order valence-electron chi connectivity index (χ2n) is 8.99. The highest BCUT2D eigenvalue weighted by Crippen LogP contribution is 2.41. The summed E-state index contributed by atoms with van der Waals surface area (Å²) >= 11 is 0. The van der Waals surface area contributed by atoms with E-state index in [0.29, 0.717) is 23.9 Å². The number of aromatic nitrogens is 2. The summed E-state index contributed by atoms with van der Waals surface area (Å²) in [7, 11) is 1.34. The summed E-state index contributed by atoms with van der Waals surface area (Å²) in [5.74, 6) is -4.66. The Hall–Kier alpha value is -4.14. The fraction of sp³-hybridized carbons (Fsp3) is 0.250. The molecule has 4 aromatic rings. The van der Waals surface area contributed by atoms with Crippen molar-refractivity contribution in [2.75, 3.05) is 7.11 Å². The predicted molar refractivity (Wildman–Crippen MR) is 128 cm³/mol. The number of ether oxygens (including phenoxy) is 2. The first-order chi connectivity index (χ1) is 17.8. The lowest BCUT2D eigenvalue weighted by Crippen LogP contribution is -2.23. The predicted octanol–water partition coefficient (Wildman–Crippen LogP) is 5.34. The van der Waals surface area contributed by atoms with Gasteiger partial charge in [0.05, 0.1) is 24.3 Å². The fourth-order valence-corrected chi connectivity index (χ4v) is 5.08. The standard InChI is InChI=1S/C28H23F3N2O4/c1-15-26(23(34)13-18-17-7-4-3-6-16(17)12-19(18)28(35)36-2)33-11-5-8-24(27(33)32-15)37-14-20-21(29)9-10-22(30)25(20)31/h3-11,18-19H,12-14H2,1-2H3/t18-,19-/m1/s1. The minimum Gasteiger partial charge on any atom is -0.485 e. The van der Waals surface area contributed by atoms with E-state index in [1.54, 1.807) is 29.7 Å².